The van der Waals surface area contributed by atoms with E-state index in [-0.39, 0.29) is 6.61 Å². The number of fused-ring (bicyclic) bond motifs is 2. The maximum absolute atomic E-state index is 12.4. The molecule has 0 spiro atoms. The van der Waals surface area contributed by atoms with E-state index in [0.29, 0.717) is 12.4 Å². The number of aliphatic hydroxyl groups excluding tert-OH is 1. The molecule has 3 aliphatic rings. The van der Waals surface area contributed by atoms with E-state index in [9.17, 15) is 9.90 Å². The SMILES string of the molecule is CN1OCc2cn([C@@H]3O[C@H](CO)[C@H]4OC(C)(C)O[C@H]43)c(=O)nc21. The lowest BCUT2D eigenvalue weighted by Gasteiger charge is -2.24. The highest BCUT2D eigenvalue weighted by Gasteiger charge is 2.56. The summed E-state index contributed by atoms with van der Waals surface area (Å²) in [6.45, 7) is 3.72. The van der Waals surface area contributed by atoms with Crippen LogP contribution in [0.15, 0.2) is 11.0 Å². The van der Waals surface area contributed by atoms with Crippen LogP contribution in [0.25, 0.3) is 0 Å². The number of nitrogens with zero attached hydrogens (tertiary/aromatic N) is 3. The van der Waals surface area contributed by atoms with Gasteiger partial charge in [0.1, 0.15) is 24.9 Å². The fraction of sp³-hybridized carbons (Fsp3) is 0.714. The molecule has 0 radical (unpaired) electrons. The van der Waals surface area contributed by atoms with Crippen molar-refractivity contribution in [2.24, 2.45) is 0 Å². The first kappa shape index (κ1) is 15.0. The minimum absolute atomic E-state index is 0.212. The third-order valence-corrected chi connectivity index (χ3v) is 4.30. The number of aliphatic hydroxyl groups is 1. The normalized spacial score (nSPS) is 34.7. The van der Waals surface area contributed by atoms with Crippen LogP contribution >= 0.6 is 0 Å². The minimum atomic E-state index is -0.790. The molecule has 4 rings (SSSR count). The summed E-state index contributed by atoms with van der Waals surface area (Å²) in [5.41, 5.74) is 0.328. The molecule has 2 fully saturated rings. The Kier molecular flexibility index (Phi) is 3.26. The highest BCUT2D eigenvalue weighted by Crippen LogP contribution is 2.42. The average Bonchev–Trinajstić information content (AvgIpc) is 3.10. The van der Waals surface area contributed by atoms with Crippen molar-refractivity contribution in [3.8, 4) is 0 Å². The second-order valence-corrected chi connectivity index (χ2v) is 6.36. The van der Waals surface area contributed by atoms with Gasteiger partial charge in [-0.05, 0) is 13.8 Å². The molecule has 1 aromatic rings. The van der Waals surface area contributed by atoms with Gasteiger partial charge in [0, 0.05) is 18.8 Å². The van der Waals surface area contributed by atoms with Crippen molar-refractivity contribution in [1.29, 1.82) is 0 Å². The van der Waals surface area contributed by atoms with Crippen molar-refractivity contribution in [1.82, 2.24) is 9.55 Å². The highest BCUT2D eigenvalue weighted by atomic mass is 16.8. The van der Waals surface area contributed by atoms with Crippen LogP contribution in [0.1, 0.15) is 25.6 Å². The van der Waals surface area contributed by atoms with E-state index in [0.717, 1.165) is 5.56 Å². The van der Waals surface area contributed by atoms with Gasteiger partial charge in [0.2, 0.25) is 0 Å². The average molecular weight is 325 g/mol. The van der Waals surface area contributed by atoms with Crippen molar-refractivity contribution < 1.29 is 24.2 Å². The summed E-state index contributed by atoms with van der Waals surface area (Å²) in [6.07, 6.45) is -0.496. The molecule has 1 N–H and O–H groups in total. The van der Waals surface area contributed by atoms with E-state index >= 15 is 0 Å². The van der Waals surface area contributed by atoms with E-state index < -0.39 is 36.0 Å². The maximum Gasteiger partial charge on any atom is 0.351 e. The Morgan fingerprint density at radius 3 is 2.87 bits per heavy atom. The molecule has 0 saturated carbocycles. The maximum atomic E-state index is 12.4. The lowest BCUT2D eigenvalue weighted by Crippen LogP contribution is -2.35. The minimum Gasteiger partial charge on any atom is -0.394 e. The summed E-state index contributed by atoms with van der Waals surface area (Å²) >= 11 is 0. The summed E-state index contributed by atoms with van der Waals surface area (Å²) in [5, 5.41) is 11.0. The van der Waals surface area contributed by atoms with Gasteiger partial charge >= 0.3 is 5.69 Å². The summed E-state index contributed by atoms with van der Waals surface area (Å²) in [6, 6.07) is 0. The van der Waals surface area contributed by atoms with Crippen LogP contribution in [0.3, 0.4) is 0 Å². The van der Waals surface area contributed by atoms with Gasteiger partial charge < -0.3 is 19.3 Å². The third kappa shape index (κ3) is 2.27. The second kappa shape index (κ2) is 4.99. The standard InChI is InChI=1S/C14H19N3O6/c1-14(2)22-9-8(5-18)21-12(10(9)23-14)17-4-7-6-20-16(3)11(7)15-13(17)19/h4,8-10,12,18H,5-6H2,1-3H3/t8-,9-,10-,12-/m1/s1. The molecular formula is C14H19N3O6. The van der Waals surface area contributed by atoms with Crippen LogP contribution in [-0.2, 0) is 25.7 Å². The highest BCUT2D eigenvalue weighted by molar-refractivity contribution is 5.44. The Morgan fingerprint density at radius 2 is 2.13 bits per heavy atom. The molecule has 0 bridgehead atoms. The quantitative estimate of drug-likeness (QED) is 0.780. The lowest BCUT2D eigenvalue weighted by molar-refractivity contribution is -0.200. The number of hydrogen-bond acceptors (Lipinski definition) is 8. The van der Waals surface area contributed by atoms with Gasteiger partial charge in [0.05, 0.1) is 6.61 Å². The molecule has 9 heteroatoms. The molecule has 0 aliphatic carbocycles. The molecule has 9 nitrogen and oxygen atoms in total. The summed E-state index contributed by atoms with van der Waals surface area (Å²) in [5.74, 6) is -0.287. The number of ether oxygens (including phenoxy) is 3. The van der Waals surface area contributed by atoms with Crippen molar-refractivity contribution in [3.05, 3.63) is 22.2 Å². The zero-order valence-corrected chi connectivity index (χ0v) is 13.1. The topological polar surface area (TPSA) is 95.3 Å². The first-order valence-electron chi connectivity index (χ1n) is 7.50. The predicted octanol–water partition coefficient (Wildman–Crippen LogP) is -0.465. The Balaban J connectivity index is 1.72. The molecule has 4 heterocycles. The van der Waals surface area contributed by atoms with Crippen LogP contribution < -0.4 is 10.8 Å². The van der Waals surface area contributed by atoms with Gasteiger partial charge in [-0.3, -0.25) is 9.40 Å². The molecule has 0 aromatic carbocycles. The van der Waals surface area contributed by atoms with Gasteiger partial charge in [-0.1, -0.05) is 0 Å². The van der Waals surface area contributed by atoms with E-state index in [1.807, 2.05) is 0 Å². The zero-order valence-electron chi connectivity index (χ0n) is 13.1. The fourth-order valence-corrected chi connectivity index (χ4v) is 3.32. The summed E-state index contributed by atoms with van der Waals surface area (Å²) < 4.78 is 18.9. The fourth-order valence-electron chi connectivity index (χ4n) is 3.32. The van der Waals surface area contributed by atoms with E-state index in [1.54, 1.807) is 27.1 Å². The Hall–Kier alpha value is -1.52. The molecule has 126 valence electrons. The lowest BCUT2D eigenvalue weighted by atomic mass is 10.1. The van der Waals surface area contributed by atoms with Crippen molar-refractivity contribution in [3.63, 3.8) is 0 Å². The van der Waals surface area contributed by atoms with Gasteiger partial charge in [0.25, 0.3) is 0 Å². The Labute approximate surface area is 132 Å². The van der Waals surface area contributed by atoms with Gasteiger partial charge in [0.15, 0.2) is 17.8 Å². The van der Waals surface area contributed by atoms with E-state index in [4.69, 9.17) is 19.0 Å². The van der Waals surface area contributed by atoms with Crippen molar-refractivity contribution >= 4 is 5.82 Å². The van der Waals surface area contributed by atoms with Crippen molar-refractivity contribution in [2.45, 2.75) is 50.8 Å². The first-order valence-corrected chi connectivity index (χ1v) is 7.50. The molecule has 0 amide bonds. The first-order chi connectivity index (χ1) is 10.9. The molecular weight excluding hydrogens is 306 g/mol. The van der Waals surface area contributed by atoms with Gasteiger partial charge in [-0.2, -0.15) is 4.98 Å². The van der Waals surface area contributed by atoms with E-state index in [2.05, 4.69) is 4.98 Å². The molecule has 4 atom stereocenters. The molecule has 3 aliphatic heterocycles. The smallest absolute Gasteiger partial charge is 0.351 e. The van der Waals surface area contributed by atoms with E-state index in [1.165, 1.54) is 9.63 Å². The zero-order chi connectivity index (χ0) is 16.4. The number of anilines is 1. The third-order valence-electron chi connectivity index (χ3n) is 4.30. The largest absolute Gasteiger partial charge is 0.394 e. The number of hydrogen-bond donors (Lipinski definition) is 1. The molecule has 1 aromatic heterocycles. The monoisotopic (exact) mass is 325 g/mol. The molecule has 23 heavy (non-hydrogen) atoms. The number of rotatable bonds is 2. The molecule has 0 unspecified atom stereocenters. The van der Waals surface area contributed by atoms with Crippen molar-refractivity contribution in [2.75, 3.05) is 18.7 Å². The Bertz CT molecular complexity index is 690. The number of hydroxylamine groups is 1. The molecule has 2 saturated heterocycles. The van der Waals surface area contributed by atoms with Crippen LogP contribution in [-0.4, -0.2) is 52.4 Å². The summed E-state index contributed by atoms with van der Waals surface area (Å²) in [4.78, 5) is 21.8. The predicted molar refractivity (Wildman–Crippen MR) is 76.5 cm³/mol. The second-order valence-electron chi connectivity index (χ2n) is 6.36. The number of aromatic nitrogens is 2. The van der Waals surface area contributed by atoms with Crippen LogP contribution in [0.5, 0.6) is 0 Å². The van der Waals surface area contributed by atoms with Gasteiger partial charge in [-0.15, -0.1) is 0 Å². The van der Waals surface area contributed by atoms with Crippen LogP contribution in [0, 0.1) is 0 Å². The Morgan fingerprint density at radius 1 is 1.39 bits per heavy atom. The van der Waals surface area contributed by atoms with Crippen LogP contribution in [0.2, 0.25) is 0 Å². The van der Waals surface area contributed by atoms with Gasteiger partial charge in [-0.25, -0.2) is 9.86 Å². The summed E-state index contributed by atoms with van der Waals surface area (Å²) in [7, 11) is 1.70. The van der Waals surface area contributed by atoms with Crippen LogP contribution in [0.4, 0.5) is 5.82 Å².